The second kappa shape index (κ2) is 7.24. The van der Waals surface area contributed by atoms with Gasteiger partial charge in [0, 0.05) is 6.42 Å². The molecule has 0 fully saturated rings. The summed E-state index contributed by atoms with van der Waals surface area (Å²) in [6.45, 7) is 0.858. The summed E-state index contributed by atoms with van der Waals surface area (Å²) in [5.74, 6) is 1.07. The van der Waals surface area contributed by atoms with Crippen LogP contribution in [0.15, 0.2) is 36.1 Å². The third-order valence-electron chi connectivity index (χ3n) is 3.05. The van der Waals surface area contributed by atoms with Gasteiger partial charge in [-0.15, -0.1) is 0 Å². The summed E-state index contributed by atoms with van der Waals surface area (Å²) in [6, 6.07) is 6.65. The molecule has 1 unspecified atom stereocenters. The molecule has 1 atom stereocenters. The van der Waals surface area contributed by atoms with E-state index in [0.29, 0.717) is 6.61 Å². The van der Waals surface area contributed by atoms with Gasteiger partial charge in [0.15, 0.2) is 0 Å². The molecule has 1 N–H and O–H groups in total. The molecule has 1 aliphatic heterocycles. The molecule has 0 amide bonds. The maximum atomic E-state index is 12.1. The van der Waals surface area contributed by atoms with Crippen molar-refractivity contribution in [1.82, 2.24) is 5.32 Å². The van der Waals surface area contributed by atoms with Gasteiger partial charge < -0.3 is 14.8 Å². The maximum absolute atomic E-state index is 12.1. The van der Waals surface area contributed by atoms with Crippen LogP contribution < -0.4 is 10.1 Å². The molecular weight excluding hydrogens is 264 g/mol. The molecule has 0 aliphatic carbocycles. The molecule has 20 heavy (non-hydrogen) atoms. The third kappa shape index (κ3) is 3.93. The monoisotopic (exact) mass is 283 g/mol. The summed E-state index contributed by atoms with van der Waals surface area (Å²) >= 11 is 0. The maximum Gasteiger partial charge on any atom is 0.387 e. The van der Waals surface area contributed by atoms with Crippen molar-refractivity contribution in [2.24, 2.45) is 0 Å². The van der Waals surface area contributed by atoms with E-state index in [1.807, 2.05) is 0 Å². The van der Waals surface area contributed by atoms with Crippen molar-refractivity contribution in [3.63, 3.8) is 0 Å². The molecule has 110 valence electrons. The van der Waals surface area contributed by atoms with Crippen LogP contribution in [0.25, 0.3) is 0 Å². The summed E-state index contributed by atoms with van der Waals surface area (Å²) in [5, 5.41) is 3.41. The van der Waals surface area contributed by atoms with Gasteiger partial charge in [-0.1, -0.05) is 19.1 Å². The molecular formula is C15H19F2NO2. The van der Waals surface area contributed by atoms with Crippen LogP contribution in [0.3, 0.4) is 0 Å². The highest BCUT2D eigenvalue weighted by molar-refractivity contribution is 5.33. The SMILES string of the molecule is CCCNC(C1=CCCO1)c1ccc(OC(F)F)cc1. The Morgan fingerprint density at radius 1 is 1.30 bits per heavy atom. The van der Waals surface area contributed by atoms with Crippen molar-refractivity contribution >= 4 is 0 Å². The molecule has 0 spiro atoms. The Kier molecular flexibility index (Phi) is 5.35. The van der Waals surface area contributed by atoms with Crippen molar-refractivity contribution in [2.75, 3.05) is 13.2 Å². The Labute approximate surface area is 117 Å². The number of nitrogens with one attached hydrogen (secondary N) is 1. The highest BCUT2D eigenvalue weighted by Crippen LogP contribution is 2.28. The van der Waals surface area contributed by atoms with Crippen molar-refractivity contribution < 1.29 is 18.3 Å². The van der Waals surface area contributed by atoms with Gasteiger partial charge in [-0.05, 0) is 36.7 Å². The minimum atomic E-state index is -2.80. The van der Waals surface area contributed by atoms with Gasteiger partial charge in [0.05, 0.1) is 12.6 Å². The molecule has 0 radical (unpaired) electrons. The Bertz CT molecular complexity index is 446. The van der Waals surface area contributed by atoms with Gasteiger partial charge in [-0.2, -0.15) is 8.78 Å². The lowest BCUT2D eigenvalue weighted by atomic mass is 10.0. The molecule has 1 aromatic carbocycles. The fourth-order valence-electron chi connectivity index (χ4n) is 2.15. The summed E-state index contributed by atoms with van der Waals surface area (Å²) in [5.41, 5.74) is 0.980. The van der Waals surface area contributed by atoms with Crippen LogP contribution in [-0.2, 0) is 4.74 Å². The number of ether oxygens (including phenoxy) is 2. The fraction of sp³-hybridized carbons (Fsp3) is 0.467. The number of benzene rings is 1. The average molecular weight is 283 g/mol. The lowest BCUT2D eigenvalue weighted by Gasteiger charge is -2.20. The summed E-state index contributed by atoms with van der Waals surface area (Å²) in [4.78, 5) is 0. The van der Waals surface area contributed by atoms with Gasteiger partial charge in [-0.25, -0.2) is 0 Å². The first-order chi connectivity index (χ1) is 9.70. The van der Waals surface area contributed by atoms with E-state index in [1.54, 1.807) is 24.3 Å². The lowest BCUT2D eigenvalue weighted by molar-refractivity contribution is -0.0498. The number of halogens is 2. The third-order valence-corrected chi connectivity index (χ3v) is 3.05. The zero-order valence-corrected chi connectivity index (χ0v) is 11.4. The highest BCUT2D eigenvalue weighted by Gasteiger charge is 2.20. The molecule has 1 heterocycles. The van der Waals surface area contributed by atoms with Crippen LogP contribution in [-0.4, -0.2) is 19.8 Å². The second-order valence-electron chi connectivity index (χ2n) is 4.58. The van der Waals surface area contributed by atoms with Gasteiger partial charge in [0.25, 0.3) is 0 Å². The standard InChI is InChI=1S/C15H19F2NO2/c1-2-9-18-14(13-4-3-10-19-13)11-5-7-12(8-6-11)20-15(16)17/h4-8,14-15,18H,2-3,9-10H2,1H3. The zero-order chi connectivity index (χ0) is 14.4. The van der Waals surface area contributed by atoms with Gasteiger partial charge >= 0.3 is 6.61 Å². The van der Waals surface area contributed by atoms with Gasteiger partial charge in [-0.3, -0.25) is 0 Å². The topological polar surface area (TPSA) is 30.5 Å². The molecule has 3 nitrogen and oxygen atoms in total. The number of hydrogen-bond acceptors (Lipinski definition) is 3. The van der Waals surface area contributed by atoms with E-state index in [4.69, 9.17) is 4.74 Å². The number of alkyl halides is 2. The van der Waals surface area contributed by atoms with Crippen molar-refractivity contribution in [3.05, 3.63) is 41.7 Å². The highest BCUT2D eigenvalue weighted by atomic mass is 19.3. The number of hydrogen-bond donors (Lipinski definition) is 1. The predicted molar refractivity (Wildman–Crippen MR) is 72.8 cm³/mol. The molecule has 0 saturated heterocycles. The molecule has 0 bridgehead atoms. The minimum absolute atomic E-state index is 0.0296. The van der Waals surface area contributed by atoms with Crippen LogP contribution in [0.2, 0.25) is 0 Å². The Balaban J connectivity index is 2.11. The molecule has 5 heteroatoms. The largest absolute Gasteiger partial charge is 0.496 e. The van der Waals surface area contributed by atoms with E-state index in [9.17, 15) is 8.78 Å². The fourth-order valence-corrected chi connectivity index (χ4v) is 2.15. The Morgan fingerprint density at radius 2 is 2.05 bits per heavy atom. The van der Waals surface area contributed by atoms with Crippen LogP contribution in [0.5, 0.6) is 5.75 Å². The van der Waals surface area contributed by atoms with E-state index in [0.717, 1.165) is 30.7 Å². The first-order valence-electron chi connectivity index (χ1n) is 6.81. The van der Waals surface area contributed by atoms with E-state index >= 15 is 0 Å². The Hall–Kier alpha value is -1.62. The van der Waals surface area contributed by atoms with Crippen LogP contribution in [0, 0.1) is 0 Å². The van der Waals surface area contributed by atoms with Crippen molar-refractivity contribution in [3.8, 4) is 5.75 Å². The molecule has 1 aromatic rings. The van der Waals surface area contributed by atoms with E-state index in [1.165, 1.54) is 0 Å². The van der Waals surface area contributed by atoms with Crippen molar-refractivity contribution in [2.45, 2.75) is 32.4 Å². The van der Waals surface area contributed by atoms with E-state index < -0.39 is 6.61 Å². The summed E-state index contributed by atoms with van der Waals surface area (Å²) in [6.07, 6.45) is 3.99. The molecule has 0 aromatic heterocycles. The molecule has 0 saturated carbocycles. The smallest absolute Gasteiger partial charge is 0.387 e. The second-order valence-corrected chi connectivity index (χ2v) is 4.58. The Morgan fingerprint density at radius 3 is 2.60 bits per heavy atom. The quantitative estimate of drug-likeness (QED) is 0.829. The van der Waals surface area contributed by atoms with Crippen molar-refractivity contribution in [1.29, 1.82) is 0 Å². The predicted octanol–water partition coefficient (Wildman–Crippen LogP) is 3.63. The molecule has 1 aliphatic rings. The normalized spacial score (nSPS) is 15.9. The zero-order valence-electron chi connectivity index (χ0n) is 11.4. The first kappa shape index (κ1) is 14.8. The van der Waals surface area contributed by atoms with Gasteiger partial charge in [0.2, 0.25) is 0 Å². The first-order valence-corrected chi connectivity index (χ1v) is 6.81. The number of rotatable bonds is 7. The summed E-state index contributed by atoms with van der Waals surface area (Å²) in [7, 11) is 0. The minimum Gasteiger partial charge on any atom is -0.496 e. The van der Waals surface area contributed by atoms with Gasteiger partial charge in [0.1, 0.15) is 11.5 Å². The van der Waals surface area contributed by atoms with E-state index in [2.05, 4.69) is 23.1 Å². The lowest BCUT2D eigenvalue weighted by Crippen LogP contribution is -2.24. The average Bonchev–Trinajstić information content (AvgIpc) is 2.94. The van der Waals surface area contributed by atoms with Crippen LogP contribution in [0.1, 0.15) is 31.4 Å². The van der Waals surface area contributed by atoms with E-state index in [-0.39, 0.29) is 11.8 Å². The van der Waals surface area contributed by atoms with Crippen LogP contribution >= 0.6 is 0 Å². The molecule has 2 rings (SSSR count). The van der Waals surface area contributed by atoms with Crippen LogP contribution in [0.4, 0.5) is 8.78 Å². The summed E-state index contributed by atoms with van der Waals surface area (Å²) < 4.78 is 34.2.